The molecule has 1 aliphatic rings. The minimum absolute atomic E-state index is 0.451. The maximum atomic E-state index is 4.54. The van der Waals surface area contributed by atoms with Gasteiger partial charge in [0.2, 0.25) is 5.95 Å². The topological polar surface area (TPSA) is 45.5 Å². The summed E-state index contributed by atoms with van der Waals surface area (Å²) in [5.41, 5.74) is 0.852. The quantitative estimate of drug-likeness (QED) is 0.920. The number of halogens is 1. The number of aromatic nitrogens is 3. The molecule has 0 bridgehead atoms. The third kappa shape index (κ3) is 2.60. The Hall–Kier alpha value is -1.14. The predicted octanol–water partition coefficient (Wildman–Crippen LogP) is 2.24. The highest BCUT2D eigenvalue weighted by Crippen LogP contribution is 2.21. The van der Waals surface area contributed by atoms with Gasteiger partial charge >= 0.3 is 0 Å². The van der Waals surface area contributed by atoms with E-state index in [4.69, 9.17) is 0 Å². The number of likely N-dealkylation sites (tertiary alicyclic amines) is 1. The molecule has 1 fully saturated rings. The second-order valence-electron chi connectivity index (χ2n) is 5.34. The first kappa shape index (κ1) is 12.9. The molecule has 2 aromatic rings. The van der Waals surface area contributed by atoms with Gasteiger partial charge < -0.3 is 10.2 Å². The van der Waals surface area contributed by atoms with Crippen LogP contribution in [0.5, 0.6) is 0 Å². The Morgan fingerprint density at radius 1 is 1.47 bits per heavy atom. The molecule has 0 aliphatic carbocycles. The van der Waals surface area contributed by atoms with E-state index in [0.29, 0.717) is 17.9 Å². The van der Waals surface area contributed by atoms with Crippen molar-refractivity contribution in [2.24, 2.45) is 5.92 Å². The van der Waals surface area contributed by atoms with Crippen LogP contribution in [0.2, 0.25) is 0 Å². The zero-order valence-electron chi connectivity index (χ0n) is 11.2. The molecule has 1 N–H and O–H groups in total. The van der Waals surface area contributed by atoms with E-state index in [1.165, 1.54) is 0 Å². The van der Waals surface area contributed by atoms with Crippen LogP contribution < -0.4 is 5.32 Å². The lowest BCUT2D eigenvalue weighted by molar-refractivity contribution is 0.206. The molecule has 3 rings (SSSR count). The number of fused-ring (bicyclic) bond motifs is 1. The Balaban J connectivity index is 1.80. The van der Waals surface area contributed by atoms with Crippen molar-refractivity contribution < 1.29 is 0 Å². The molecule has 6 heteroatoms. The van der Waals surface area contributed by atoms with Gasteiger partial charge in [-0.15, -0.1) is 5.10 Å². The van der Waals surface area contributed by atoms with Gasteiger partial charge in [-0.1, -0.05) is 6.92 Å². The summed E-state index contributed by atoms with van der Waals surface area (Å²) < 4.78 is 2.76. The van der Waals surface area contributed by atoms with Crippen molar-refractivity contribution in [2.75, 3.05) is 25.5 Å². The molecule has 0 saturated carbocycles. The minimum atomic E-state index is 0.451. The first-order valence-electron chi connectivity index (χ1n) is 6.59. The smallest absolute Gasteiger partial charge is 0.243 e. The fourth-order valence-corrected chi connectivity index (χ4v) is 3.09. The van der Waals surface area contributed by atoms with Crippen molar-refractivity contribution in [3.05, 3.63) is 22.8 Å². The summed E-state index contributed by atoms with van der Waals surface area (Å²) >= 11 is 3.50. The summed E-state index contributed by atoms with van der Waals surface area (Å²) in [7, 11) is 2.17. The van der Waals surface area contributed by atoms with Gasteiger partial charge in [0.05, 0.1) is 4.47 Å². The second-order valence-corrected chi connectivity index (χ2v) is 6.19. The molecule has 0 spiro atoms. The zero-order chi connectivity index (χ0) is 13.4. The summed E-state index contributed by atoms with van der Waals surface area (Å²) in [6, 6.07) is 4.38. The zero-order valence-corrected chi connectivity index (χ0v) is 12.8. The van der Waals surface area contributed by atoms with E-state index in [1.54, 1.807) is 4.52 Å². The number of nitrogens with one attached hydrogen (secondary N) is 1. The van der Waals surface area contributed by atoms with Crippen LogP contribution in [-0.2, 0) is 0 Å². The van der Waals surface area contributed by atoms with Crippen LogP contribution in [0.25, 0.3) is 5.65 Å². The summed E-state index contributed by atoms with van der Waals surface area (Å²) in [6.07, 6.45) is 3.05. The summed E-state index contributed by atoms with van der Waals surface area (Å²) in [5.74, 6) is 1.32. The van der Waals surface area contributed by atoms with E-state index >= 15 is 0 Å². The fraction of sp³-hybridized carbons (Fsp3) is 0.538. The number of piperidine rings is 1. The highest BCUT2D eigenvalue weighted by atomic mass is 79.9. The maximum absolute atomic E-state index is 4.54. The van der Waals surface area contributed by atoms with E-state index in [-0.39, 0.29) is 0 Å². The van der Waals surface area contributed by atoms with Gasteiger partial charge in [0, 0.05) is 18.8 Å². The lowest BCUT2D eigenvalue weighted by Crippen LogP contribution is -2.43. The van der Waals surface area contributed by atoms with Gasteiger partial charge in [-0.05, 0) is 54.0 Å². The molecule has 3 heterocycles. The first-order valence-corrected chi connectivity index (χ1v) is 7.39. The van der Waals surface area contributed by atoms with Gasteiger partial charge in [-0.25, -0.2) is 4.52 Å². The normalized spacial score (nSPS) is 24.8. The fourth-order valence-electron chi connectivity index (χ4n) is 2.67. The van der Waals surface area contributed by atoms with Crippen LogP contribution in [0, 0.1) is 5.92 Å². The number of rotatable bonds is 2. The highest BCUT2D eigenvalue weighted by Gasteiger charge is 2.25. The standard InChI is InChI=1S/C13H18BrN5/c1-9-8-18(2)7-5-11(9)15-13-16-12-10(14)4-3-6-19(12)17-13/h3-4,6,9,11H,5,7-8H2,1-2H3,(H,15,17). The monoisotopic (exact) mass is 323 g/mol. The van der Waals surface area contributed by atoms with Crippen LogP contribution in [0.1, 0.15) is 13.3 Å². The molecule has 0 aromatic carbocycles. The van der Waals surface area contributed by atoms with Crippen molar-refractivity contribution in [3.63, 3.8) is 0 Å². The lowest BCUT2D eigenvalue weighted by Gasteiger charge is -2.34. The Bertz CT molecular complexity index is 581. The van der Waals surface area contributed by atoms with Crippen LogP contribution in [-0.4, -0.2) is 45.7 Å². The van der Waals surface area contributed by atoms with Gasteiger partial charge in [-0.3, -0.25) is 0 Å². The van der Waals surface area contributed by atoms with Crippen molar-refractivity contribution in [1.29, 1.82) is 0 Å². The lowest BCUT2D eigenvalue weighted by atomic mass is 9.94. The Morgan fingerprint density at radius 2 is 2.32 bits per heavy atom. The Labute approximate surface area is 121 Å². The molecule has 102 valence electrons. The van der Waals surface area contributed by atoms with Crippen LogP contribution in [0.15, 0.2) is 22.8 Å². The number of nitrogens with zero attached hydrogens (tertiary/aromatic N) is 4. The average Bonchev–Trinajstić information content (AvgIpc) is 2.77. The van der Waals surface area contributed by atoms with Crippen LogP contribution in [0.4, 0.5) is 5.95 Å². The Kier molecular flexibility index (Phi) is 3.45. The molecule has 1 aliphatic heterocycles. The molecule has 0 radical (unpaired) electrons. The van der Waals surface area contributed by atoms with Crippen molar-refractivity contribution in [2.45, 2.75) is 19.4 Å². The van der Waals surface area contributed by atoms with E-state index in [0.717, 1.165) is 29.6 Å². The average molecular weight is 324 g/mol. The maximum Gasteiger partial charge on any atom is 0.243 e. The van der Waals surface area contributed by atoms with Gasteiger partial charge in [0.15, 0.2) is 5.65 Å². The third-order valence-corrected chi connectivity index (χ3v) is 4.36. The number of pyridine rings is 1. The van der Waals surface area contributed by atoms with Crippen molar-refractivity contribution in [3.8, 4) is 0 Å². The first-order chi connectivity index (χ1) is 9.13. The van der Waals surface area contributed by atoms with E-state index in [1.807, 2.05) is 18.3 Å². The largest absolute Gasteiger partial charge is 0.350 e. The number of anilines is 1. The highest BCUT2D eigenvalue weighted by molar-refractivity contribution is 9.10. The predicted molar refractivity (Wildman–Crippen MR) is 79.4 cm³/mol. The number of hydrogen-bond donors (Lipinski definition) is 1. The summed E-state index contributed by atoms with van der Waals surface area (Å²) in [5, 5.41) is 7.95. The van der Waals surface area contributed by atoms with Crippen molar-refractivity contribution in [1.82, 2.24) is 19.5 Å². The molecule has 0 amide bonds. The summed E-state index contributed by atoms with van der Waals surface area (Å²) in [6.45, 7) is 4.52. The molecule has 2 aromatic heterocycles. The molecule has 5 nitrogen and oxygen atoms in total. The van der Waals surface area contributed by atoms with Crippen molar-refractivity contribution >= 4 is 27.5 Å². The number of hydrogen-bond acceptors (Lipinski definition) is 4. The van der Waals surface area contributed by atoms with Crippen LogP contribution in [0.3, 0.4) is 0 Å². The van der Waals surface area contributed by atoms with E-state index in [2.05, 4.69) is 50.2 Å². The van der Waals surface area contributed by atoms with Crippen LogP contribution >= 0.6 is 15.9 Å². The molecule has 19 heavy (non-hydrogen) atoms. The molecular formula is C13H18BrN5. The molecule has 1 saturated heterocycles. The minimum Gasteiger partial charge on any atom is -0.350 e. The SMILES string of the molecule is CC1CN(C)CCC1Nc1nc2c(Br)cccn2n1. The van der Waals surface area contributed by atoms with E-state index < -0.39 is 0 Å². The van der Waals surface area contributed by atoms with Gasteiger partial charge in [0.1, 0.15) is 0 Å². The Morgan fingerprint density at radius 3 is 3.05 bits per heavy atom. The molecule has 2 atom stereocenters. The van der Waals surface area contributed by atoms with Gasteiger partial charge in [0.25, 0.3) is 0 Å². The summed E-state index contributed by atoms with van der Waals surface area (Å²) in [4.78, 5) is 6.91. The second kappa shape index (κ2) is 5.09. The van der Waals surface area contributed by atoms with E-state index in [9.17, 15) is 0 Å². The molecular weight excluding hydrogens is 306 g/mol. The third-order valence-electron chi connectivity index (χ3n) is 3.74. The van der Waals surface area contributed by atoms with Gasteiger partial charge in [-0.2, -0.15) is 4.98 Å². The molecule has 2 unspecified atom stereocenters.